The Kier molecular flexibility index (Phi) is 4.19. The van der Waals surface area contributed by atoms with Crippen LogP contribution in [-0.2, 0) is 13.5 Å². The van der Waals surface area contributed by atoms with Crippen LogP contribution in [0.2, 0.25) is 0 Å². The number of aryl methyl sites for hydroxylation is 2. The number of nitrogens with two attached hydrogens (primary N) is 1. The maximum atomic E-state index is 11.6. The number of carbonyl (C=O) groups excluding carboxylic acids is 1. The van der Waals surface area contributed by atoms with Crippen molar-refractivity contribution >= 4 is 27.7 Å². The number of fused-ring (bicyclic) bond motifs is 3. The summed E-state index contributed by atoms with van der Waals surface area (Å²) >= 11 is 0. The summed E-state index contributed by atoms with van der Waals surface area (Å²) in [5, 5.41) is 5.71. The van der Waals surface area contributed by atoms with Crippen LogP contribution in [0.25, 0.3) is 21.8 Å². The van der Waals surface area contributed by atoms with Crippen LogP contribution in [0.5, 0.6) is 11.8 Å². The maximum Gasteiger partial charge on any atom is 0.322 e. The van der Waals surface area contributed by atoms with E-state index in [1.165, 1.54) is 5.56 Å². The molecule has 2 heterocycles. The summed E-state index contributed by atoms with van der Waals surface area (Å²) in [7, 11) is 1.76. The monoisotopic (exact) mass is 361 g/mol. The van der Waals surface area contributed by atoms with E-state index in [1.54, 1.807) is 17.9 Å². The van der Waals surface area contributed by atoms with Crippen molar-refractivity contribution in [1.82, 2.24) is 19.7 Å². The number of carbonyl (C=O) groups is 1. The van der Waals surface area contributed by atoms with E-state index < -0.39 is 5.91 Å². The van der Waals surface area contributed by atoms with Gasteiger partial charge in [0.25, 0.3) is 5.91 Å². The molecule has 0 spiro atoms. The molecule has 0 radical (unpaired) electrons. The molecule has 0 bridgehead atoms. The van der Waals surface area contributed by atoms with Gasteiger partial charge in [0.15, 0.2) is 5.69 Å². The highest BCUT2D eigenvalue weighted by atomic mass is 16.5. The Balaban J connectivity index is 1.80. The zero-order valence-corrected chi connectivity index (χ0v) is 15.1. The van der Waals surface area contributed by atoms with E-state index in [-0.39, 0.29) is 11.7 Å². The van der Waals surface area contributed by atoms with Crippen molar-refractivity contribution in [3.05, 3.63) is 53.9 Å². The molecular weight excluding hydrogens is 342 g/mol. The second kappa shape index (κ2) is 6.68. The lowest BCUT2D eigenvalue weighted by Crippen LogP contribution is -2.12. The van der Waals surface area contributed by atoms with Gasteiger partial charge < -0.3 is 10.5 Å². The van der Waals surface area contributed by atoms with Crippen molar-refractivity contribution in [2.45, 2.75) is 19.8 Å². The molecule has 0 aliphatic heterocycles. The van der Waals surface area contributed by atoms with Gasteiger partial charge in [0.05, 0.1) is 5.52 Å². The van der Waals surface area contributed by atoms with E-state index in [0.29, 0.717) is 22.2 Å². The van der Waals surface area contributed by atoms with E-state index in [0.717, 1.165) is 18.2 Å². The lowest BCUT2D eigenvalue weighted by molar-refractivity contribution is 0.0996. The topological polar surface area (TPSA) is 95.9 Å². The highest BCUT2D eigenvalue weighted by molar-refractivity contribution is 6.11. The molecule has 1 amide bonds. The Bertz CT molecular complexity index is 1170. The minimum atomic E-state index is -0.571. The van der Waals surface area contributed by atoms with E-state index >= 15 is 0 Å². The summed E-state index contributed by atoms with van der Waals surface area (Å²) < 4.78 is 7.48. The number of amides is 1. The summed E-state index contributed by atoms with van der Waals surface area (Å²) in [6, 6.07) is 11.8. The Hall–Kier alpha value is -3.48. The predicted molar refractivity (Wildman–Crippen MR) is 103 cm³/mol. The highest BCUT2D eigenvalue weighted by Gasteiger charge is 2.17. The van der Waals surface area contributed by atoms with Crippen LogP contribution < -0.4 is 10.5 Å². The van der Waals surface area contributed by atoms with Crippen molar-refractivity contribution < 1.29 is 9.53 Å². The molecule has 7 nitrogen and oxygen atoms in total. The molecule has 136 valence electrons. The number of primary amides is 1. The molecule has 0 unspecified atom stereocenters. The predicted octanol–water partition coefficient (Wildman–Crippen LogP) is 3.36. The first-order valence-electron chi connectivity index (χ1n) is 8.76. The van der Waals surface area contributed by atoms with Gasteiger partial charge in [-0.25, -0.2) is 4.98 Å². The van der Waals surface area contributed by atoms with Gasteiger partial charge in [-0.2, -0.15) is 10.1 Å². The minimum absolute atomic E-state index is 0.225. The van der Waals surface area contributed by atoms with Gasteiger partial charge in [-0.1, -0.05) is 31.5 Å². The van der Waals surface area contributed by atoms with Crippen LogP contribution >= 0.6 is 0 Å². The third-order valence-corrected chi connectivity index (χ3v) is 4.41. The number of ether oxygens (including phenoxy) is 1. The molecule has 2 N–H and O–H groups in total. The van der Waals surface area contributed by atoms with Crippen molar-refractivity contribution in [1.29, 1.82) is 0 Å². The van der Waals surface area contributed by atoms with Gasteiger partial charge in [0.2, 0.25) is 0 Å². The van der Waals surface area contributed by atoms with E-state index in [2.05, 4.69) is 28.1 Å². The Morgan fingerprint density at radius 3 is 2.89 bits per heavy atom. The molecule has 0 saturated carbocycles. The van der Waals surface area contributed by atoms with Crippen molar-refractivity contribution in [3.63, 3.8) is 0 Å². The third-order valence-electron chi connectivity index (χ3n) is 4.41. The molecule has 7 heteroatoms. The molecule has 0 atom stereocenters. The summed E-state index contributed by atoms with van der Waals surface area (Å²) in [4.78, 5) is 20.5. The van der Waals surface area contributed by atoms with Crippen LogP contribution in [0.1, 0.15) is 29.4 Å². The van der Waals surface area contributed by atoms with Gasteiger partial charge in [0.1, 0.15) is 11.3 Å². The average Bonchev–Trinajstić information content (AvgIpc) is 3.00. The molecule has 27 heavy (non-hydrogen) atoms. The summed E-state index contributed by atoms with van der Waals surface area (Å²) in [5.41, 5.74) is 8.24. The van der Waals surface area contributed by atoms with Crippen molar-refractivity contribution in [2.24, 2.45) is 12.8 Å². The van der Waals surface area contributed by atoms with Crippen LogP contribution in [0.4, 0.5) is 0 Å². The molecule has 4 rings (SSSR count). The SMILES string of the molecule is CCCc1cccc(Oc2ncc3ccc4c(C(N)=O)nn(C)c4c3n2)c1. The van der Waals surface area contributed by atoms with Crippen LogP contribution in [0.15, 0.2) is 42.6 Å². The Labute approximate surface area is 155 Å². The number of hydrogen-bond acceptors (Lipinski definition) is 5. The molecular formula is C20H19N5O2. The van der Waals surface area contributed by atoms with Crippen LogP contribution in [-0.4, -0.2) is 25.7 Å². The van der Waals surface area contributed by atoms with Crippen LogP contribution in [0.3, 0.4) is 0 Å². The quantitative estimate of drug-likeness (QED) is 0.588. The molecule has 0 fully saturated rings. The zero-order chi connectivity index (χ0) is 19.0. The maximum absolute atomic E-state index is 11.6. The number of nitrogens with zero attached hydrogens (tertiary/aromatic N) is 4. The van der Waals surface area contributed by atoms with Crippen molar-refractivity contribution in [3.8, 4) is 11.8 Å². The fourth-order valence-electron chi connectivity index (χ4n) is 3.23. The molecule has 2 aromatic heterocycles. The first-order chi connectivity index (χ1) is 13.1. The van der Waals surface area contributed by atoms with Gasteiger partial charge in [-0.15, -0.1) is 0 Å². The standard InChI is InChI=1S/C20H19N5O2/c1-3-5-12-6-4-7-14(10-12)27-20-22-11-13-8-9-15-17(19(21)26)24-25(2)18(15)16(13)23-20/h4,6-11H,3,5H2,1-2H3,(H2,21,26). The fraction of sp³-hybridized carbons (Fsp3) is 0.200. The lowest BCUT2D eigenvalue weighted by Gasteiger charge is -2.07. The fourth-order valence-corrected chi connectivity index (χ4v) is 3.23. The zero-order valence-electron chi connectivity index (χ0n) is 15.1. The van der Waals surface area contributed by atoms with Gasteiger partial charge in [-0.3, -0.25) is 9.48 Å². The van der Waals surface area contributed by atoms with E-state index in [1.807, 2.05) is 30.3 Å². The van der Waals surface area contributed by atoms with E-state index in [4.69, 9.17) is 10.5 Å². The second-order valence-corrected chi connectivity index (χ2v) is 6.39. The molecule has 0 saturated heterocycles. The number of rotatable bonds is 5. The lowest BCUT2D eigenvalue weighted by atomic mass is 10.1. The highest BCUT2D eigenvalue weighted by Crippen LogP contribution is 2.28. The Morgan fingerprint density at radius 2 is 2.11 bits per heavy atom. The Morgan fingerprint density at radius 1 is 1.26 bits per heavy atom. The van der Waals surface area contributed by atoms with Gasteiger partial charge in [-0.05, 0) is 30.2 Å². The largest absolute Gasteiger partial charge is 0.424 e. The average molecular weight is 361 g/mol. The molecule has 4 aromatic rings. The third kappa shape index (κ3) is 3.08. The summed E-state index contributed by atoms with van der Waals surface area (Å²) in [6.07, 6.45) is 3.75. The van der Waals surface area contributed by atoms with E-state index in [9.17, 15) is 4.79 Å². The minimum Gasteiger partial charge on any atom is -0.424 e. The molecule has 0 aliphatic carbocycles. The summed E-state index contributed by atoms with van der Waals surface area (Å²) in [5.74, 6) is 0.119. The number of benzene rings is 2. The first kappa shape index (κ1) is 17.0. The summed E-state index contributed by atoms with van der Waals surface area (Å²) in [6.45, 7) is 2.14. The number of hydrogen-bond donors (Lipinski definition) is 1. The smallest absolute Gasteiger partial charge is 0.322 e. The second-order valence-electron chi connectivity index (χ2n) is 6.39. The van der Waals surface area contributed by atoms with Gasteiger partial charge >= 0.3 is 6.01 Å². The molecule has 0 aliphatic rings. The number of aromatic nitrogens is 4. The van der Waals surface area contributed by atoms with Crippen LogP contribution in [0, 0.1) is 0 Å². The molecule has 2 aromatic carbocycles. The normalized spacial score (nSPS) is 11.2. The first-order valence-corrected chi connectivity index (χ1v) is 8.76. The van der Waals surface area contributed by atoms with Gasteiger partial charge in [0, 0.05) is 24.0 Å². The van der Waals surface area contributed by atoms with Crippen molar-refractivity contribution in [2.75, 3.05) is 0 Å².